The van der Waals surface area contributed by atoms with Crippen molar-refractivity contribution in [3.63, 3.8) is 0 Å². The second-order valence-corrected chi connectivity index (χ2v) is 8.69. The summed E-state index contributed by atoms with van der Waals surface area (Å²) in [5.74, 6) is 0.641. The van der Waals surface area contributed by atoms with Gasteiger partial charge in [-0.2, -0.15) is 0 Å². The van der Waals surface area contributed by atoms with Gasteiger partial charge in [0, 0.05) is 49.5 Å². The molecule has 1 unspecified atom stereocenters. The maximum Gasteiger partial charge on any atom is 0.167 e. The van der Waals surface area contributed by atoms with Gasteiger partial charge in [-0.3, -0.25) is 4.98 Å². The summed E-state index contributed by atoms with van der Waals surface area (Å²) in [6.07, 6.45) is 5.07. The van der Waals surface area contributed by atoms with Crippen LogP contribution in [0.4, 0.5) is 5.69 Å². The molecule has 3 heterocycles. The molecule has 4 rings (SSSR count). The third-order valence-electron chi connectivity index (χ3n) is 5.81. The molecule has 0 aliphatic carbocycles. The second-order valence-electron chi connectivity index (χ2n) is 7.21. The Morgan fingerprint density at radius 1 is 1.27 bits per heavy atom. The molecule has 1 atom stereocenters. The van der Waals surface area contributed by atoms with Gasteiger partial charge in [-0.1, -0.05) is 11.6 Å². The number of methoxy groups -OCH3 is 1. The molecular formula is C18H23ClN4O2S. The third kappa shape index (κ3) is 3.17. The Morgan fingerprint density at radius 2 is 2.00 bits per heavy atom. The number of nitrogens with two attached hydrogens (primary N) is 1. The Kier molecular flexibility index (Phi) is 4.81. The van der Waals surface area contributed by atoms with Gasteiger partial charge in [0.15, 0.2) is 11.2 Å². The lowest BCUT2D eigenvalue weighted by molar-refractivity contribution is 0.236. The number of pyridine rings is 1. The highest BCUT2D eigenvalue weighted by Gasteiger charge is 2.42. The largest absolute Gasteiger partial charge is 0.495 e. The zero-order valence-corrected chi connectivity index (χ0v) is 16.4. The summed E-state index contributed by atoms with van der Waals surface area (Å²) in [5.41, 5.74) is 2.29. The number of benzene rings is 1. The Labute approximate surface area is 161 Å². The number of anilines is 1. The summed E-state index contributed by atoms with van der Waals surface area (Å²) in [6, 6.07) is 5.88. The van der Waals surface area contributed by atoms with Crippen LogP contribution in [-0.2, 0) is 11.2 Å². The summed E-state index contributed by atoms with van der Waals surface area (Å²) in [7, 11) is 1.61. The first-order valence-corrected chi connectivity index (χ1v) is 10.3. The molecule has 2 fully saturated rings. The van der Waals surface area contributed by atoms with E-state index < -0.39 is 11.2 Å². The molecule has 26 heavy (non-hydrogen) atoms. The summed E-state index contributed by atoms with van der Waals surface area (Å²) in [5, 5.41) is 7.21. The standard InChI is InChI=1S/C18H23ClN4O2S/c1-25-17-11-15-13(10-14(17)19)16(2-6-21-15)22-7-3-18(4-8-22)5-9-23(12-18)26(20)24/h2,6,10-11H,3-5,7-9,12,20H2,1H3. The first-order valence-electron chi connectivity index (χ1n) is 8.80. The molecule has 1 aromatic carbocycles. The number of hydrogen-bond acceptors (Lipinski definition) is 4. The quantitative estimate of drug-likeness (QED) is 0.868. The molecule has 2 aliphatic rings. The lowest BCUT2D eigenvalue weighted by Crippen LogP contribution is -2.42. The molecule has 2 aromatic rings. The van der Waals surface area contributed by atoms with E-state index >= 15 is 0 Å². The van der Waals surface area contributed by atoms with Crippen LogP contribution in [0.25, 0.3) is 10.9 Å². The Balaban J connectivity index is 1.57. The van der Waals surface area contributed by atoms with Gasteiger partial charge >= 0.3 is 0 Å². The zero-order valence-electron chi connectivity index (χ0n) is 14.8. The summed E-state index contributed by atoms with van der Waals surface area (Å²) < 4.78 is 18.8. The van der Waals surface area contributed by atoms with Crippen molar-refractivity contribution in [3.8, 4) is 5.75 Å². The van der Waals surface area contributed by atoms with Crippen molar-refractivity contribution in [2.24, 2.45) is 10.6 Å². The van der Waals surface area contributed by atoms with Crippen molar-refractivity contribution < 1.29 is 8.95 Å². The van der Waals surface area contributed by atoms with Crippen LogP contribution in [0.1, 0.15) is 19.3 Å². The van der Waals surface area contributed by atoms with Gasteiger partial charge in [0.2, 0.25) is 0 Å². The predicted octanol–water partition coefficient (Wildman–Crippen LogP) is 2.73. The van der Waals surface area contributed by atoms with E-state index in [4.69, 9.17) is 21.5 Å². The van der Waals surface area contributed by atoms with Gasteiger partial charge in [-0.25, -0.2) is 13.7 Å². The molecule has 8 heteroatoms. The number of rotatable bonds is 3. The van der Waals surface area contributed by atoms with E-state index in [1.54, 1.807) is 7.11 Å². The first kappa shape index (κ1) is 18.0. The number of ether oxygens (including phenoxy) is 1. The molecule has 0 amide bonds. The average molecular weight is 395 g/mol. The molecule has 0 saturated carbocycles. The maximum absolute atomic E-state index is 11.6. The number of nitrogens with zero attached hydrogens (tertiary/aromatic N) is 3. The van der Waals surface area contributed by atoms with Gasteiger partial charge in [0.05, 0.1) is 17.6 Å². The van der Waals surface area contributed by atoms with E-state index in [9.17, 15) is 4.21 Å². The van der Waals surface area contributed by atoms with E-state index in [0.29, 0.717) is 10.8 Å². The van der Waals surface area contributed by atoms with Crippen LogP contribution >= 0.6 is 11.6 Å². The number of halogens is 1. The van der Waals surface area contributed by atoms with Crippen LogP contribution in [0.15, 0.2) is 24.4 Å². The van der Waals surface area contributed by atoms with Crippen LogP contribution in [0, 0.1) is 5.41 Å². The minimum atomic E-state index is -1.35. The number of hydrogen-bond donors (Lipinski definition) is 1. The Hall–Kier alpha value is -1.41. The van der Waals surface area contributed by atoms with E-state index in [1.807, 2.05) is 22.6 Å². The molecule has 2 aliphatic heterocycles. The summed E-state index contributed by atoms with van der Waals surface area (Å²) in [4.78, 5) is 6.87. The molecule has 2 saturated heterocycles. The average Bonchev–Trinajstić information content (AvgIpc) is 3.05. The lowest BCUT2D eigenvalue weighted by atomic mass is 9.77. The fourth-order valence-electron chi connectivity index (χ4n) is 4.24. The smallest absolute Gasteiger partial charge is 0.167 e. The van der Waals surface area contributed by atoms with Crippen molar-refractivity contribution in [2.45, 2.75) is 19.3 Å². The highest BCUT2D eigenvalue weighted by atomic mass is 35.5. The van der Waals surface area contributed by atoms with Crippen molar-refractivity contribution in [3.05, 3.63) is 29.4 Å². The van der Waals surface area contributed by atoms with Crippen LogP contribution < -0.4 is 14.8 Å². The van der Waals surface area contributed by atoms with Crippen LogP contribution in [-0.4, -0.2) is 46.8 Å². The number of fused-ring (bicyclic) bond motifs is 1. The van der Waals surface area contributed by atoms with Gasteiger partial charge in [0.1, 0.15) is 5.75 Å². The van der Waals surface area contributed by atoms with Crippen LogP contribution in [0.3, 0.4) is 0 Å². The monoisotopic (exact) mass is 394 g/mol. The zero-order chi connectivity index (χ0) is 18.3. The topological polar surface area (TPSA) is 71.7 Å². The molecular weight excluding hydrogens is 372 g/mol. The van der Waals surface area contributed by atoms with E-state index in [1.165, 1.54) is 0 Å². The molecule has 0 bridgehead atoms. The van der Waals surface area contributed by atoms with Gasteiger partial charge in [-0.15, -0.1) is 0 Å². The van der Waals surface area contributed by atoms with E-state index in [-0.39, 0.29) is 5.41 Å². The Morgan fingerprint density at radius 3 is 2.65 bits per heavy atom. The first-order chi connectivity index (χ1) is 12.5. The van der Waals surface area contributed by atoms with Crippen LogP contribution in [0.2, 0.25) is 5.02 Å². The van der Waals surface area contributed by atoms with Gasteiger partial charge in [-0.05, 0) is 36.8 Å². The van der Waals surface area contributed by atoms with Gasteiger partial charge in [0.25, 0.3) is 0 Å². The number of aromatic nitrogens is 1. The third-order valence-corrected chi connectivity index (χ3v) is 6.93. The molecule has 140 valence electrons. The van der Waals surface area contributed by atoms with Crippen molar-refractivity contribution in [1.29, 1.82) is 0 Å². The summed E-state index contributed by atoms with van der Waals surface area (Å²) in [6.45, 7) is 3.60. The highest BCUT2D eigenvalue weighted by Crippen LogP contribution is 2.42. The fourth-order valence-corrected chi connectivity index (χ4v) is 5.16. The van der Waals surface area contributed by atoms with Crippen molar-refractivity contribution in [2.75, 3.05) is 38.2 Å². The SMILES string of the molecule is COc1cc2nccc(N3CCC4(CC3)CCN(S(N)=O)C4)c2cc1Cl. The van der Waals surface area contributed by atoms with Crippen LogP contribution in [0.5, 0.6) is 5.75 Å². The maximum atomic E-state index is 11.6. The highest BCUT2D eigenvalue weighted by molar-refractivity contribution is 7.80. The molecule has 0 radical (unpaired) electrons. The van der Waals surface area contributed by atoms with Crippen molar-refractivity contribution in [1.82, 2.24) is 9.29 Å². The summed E-state index contributed by atoms with van der Waals surface area (Å²) >= 11 is 4.99. The normalized spacial score (nSPS) is 21.4. The van der Waals surface area contributed by atoms with Gasteiger partial charge < -0.3 is 9.64 Å². The molecule has 1 aromatic heterocycles. The fraction of sp³-hybridized carbons (Fsp3) is 0.500. The Bertz CT molecular complexity index is 854. The van der Waals surface area contributed by atoms with E-state index in [2.05, 4.69) is 16.0 Å². The second kappa shape index (κ2) is 6.96. The predicted molar refractivity (Wildman–Crippen MR) is 106 cm³/mol. The molecule has 6 nitrogen and oxygen atoms in total. The molecule has 1 spiro atoms. The molecule has 2 N–H and O–H groups in total. The lowest BCUT2D eigenvalue weighted by Gasteiger charge is -2.40. The minimum Gasteiger partial charge on any atom is -0.495 e. The van der Waals surface area contributed by atoms with Crippen molar-refractivity contribution >= 4 is 39.4 Å². The van der Waals surface area contributed by atoms with E-state index in [0.717, 1.165) is 62.0 Å². The minimum absolute atomic E-state index is 0.245. The number of piperidine rings is 1.